The highest BCUT2D eigenvalue weighted by Gasteiger charge is 2.16. The van der Waals surface area contributed by atoms with E-state index in [4.69, 9.17) is 4.74 Å². The Bertz CT molecular complexity index is 576. The van der Waals surface area contributed by atoms with Crippen molar-refractivity contribution in [2.75, 3.05) is 13.8 Å². The van der Waals surface area contributed by atoms with Gasteiger partial charge >= 0.3 is 0 Å². The van der Waals surface area contributed by atoms with Gasteiger partial charge in [0.25, 0.3) is 0 Å². The van der Waals surface area contributed by atoms with Crippen molar-refractivity contribution in [1.29, 1.82) is 0 Å². The third-order valence-electron chi connectivity index (χ3n) is 3.71. The van der Waals surface area contributed by atoms with Crippen molar-refractivity contribution in [3.8, 4) is 5.75 Å². The molecule has 1 nitrogen and oxygen atoms in total. The molecule has 0 bridgehead atoms. The highest BCUT2D eigenvalue weighted by Crippen LogP contribution is 2.35. The molecule has 0 saturated carbocycles. The van der Waals surface area contributed by atoms with Gasteiger partial charge in [-0.3, -0.25) is 0 Å². The lowest BCUT2D eigenvalue weighted by Crippen LogP contribution is -2.16. The molecule has 1 atom stereocenters. The van der Waals surface area contributed by atoms with Gasteiger partial charge in [-0.2, -0.15) is 0 Å². The van der Waals surface area contributed by atoms with E-state index in [1.54, 1.807) is 7.11 Å². The molecular formula is C17H21OP. The normalized spacial score (nSPS) is 12.3. The lowest BCUT2D eigenvalue weighted by Gasteiger charge is -2.20. The molecule has 2 rings (SSSR count). The first-order chi connectivity index (χ1) is 9.06. The lowest BCUT2D eigenvalue weighted by molar-refractivity contribution is 0.408. The Morgan fingerprint density at radius 2 is 1.58 bits per heavy atom. The van der Waals surface area contributed by atoms with Crippen LogP contribution >= 0.6 is 7.92 Å². The Morgan fingerprint density at radius 3 is 2.16 bits per heavy atom. The summed E-state index contributed by atoms with van der Waals surface area (Å²) in [6.45, 7) is 8.81. The summed E-state index contributed by atoms with van der Waals surface area (Å²) in [6, 6.07) is 13.0. The van der Waals surface area contributed by atoms with Gasteiger partial charge in [0.05, 0.1) is 7.11 Å². The molecule has 0 aromatic heterocycles. The van der Waals surface area contributed by atoms with Gasteiger partial charge in [0.2, 0.25) is 0 Å². The van der Waals surface area contributed by atoms with Crippen LogP contribution in [0.25, 0.3) is 0 Å². The number of hydrogen-bond donors (Lipinski definition) is 0. The molecule has 19 heavy (non-hydrogen) atoms. The SMILES string of the molecule is COc1c(C)cc(P(C)c2ccccc2)c(C)c1C. The van der Waals surface area contributed by atoms with E-state index in [2.05, 4.69) is 63.8 Å². The zero-order valence-electron chi connectivity index (χ0n) is 12.3. The minimum Gasteiger partial charge on any atom is -0.496 e. The summed E-state index contributed by atoms with van der Waals surface area (Å²) in [4.78, 5) is 0. The highest BCUT2D eigenvalue weighted by molar-refractivity contribution is 7.72. The van der Waals surface area contributed by atoms with Crippen LogP contribution in [0.5, 0.6) is 5.75 Å². The van der Waals surface area contributed by atoms with Crippen LogP contribution in [0.4, 0.5) is 0 Å². The second-order valence-corrected chi connectivity index (χ2v) is 7.01. The van der Waals surface area contributed by atoms with Crippen molar-refractivity contribution in [3.63, 3.8) is 0 Å². The van der Waals surface area contributed by atoms with Crippen LogP contribution in [-0.4, -0.2) is 13.8 Å². The summed E-state index contributed by atoms with van der Waals surface area (Å²) < 4.78 is 5.50. The molecule has 100 valence electrons. The van der Waals surface area contributed by atoms with Crippen LogP contribution < -0.4 is 15.3 Å². The molecule has 0 fully saturated rings. The number of hydrogen-bond acceptors (Lipinski definition) is 1. The van der Waals surface area contributed by atoms with Gasteiger partial charge in [-0.25, -0.2) is 0 Å². The third kappa shape index (κ3) is 2.67. The molecule has 0 heterocycles. The summed E-state index contributed by atoms with van der Waals surface area (Å²) >= 11 is 0. The molecule has 0 aliphatic heterocycles. The lowest BCUT2D eigenvalue weighted by atomic mass is 10.1. The fourth-order valence-corrected chi connectivity index (χ4v) is 4.45. The standard InChI is InChI=1S/C17H21OP/c1-12-11-16(13(2)14(3)17(12)18-4)19(5)15-9-7-6-8-10-15/h6-11H,1-5H3. The van der Waals surface area contributed by atoms with E-state index in [1.165, 1.54) is 27.3 Å². The molecule has 0 N–H and O–H groups in total. The maximum atomic E-state index is 5.50. The van der Waals surface area contributed by atoms with Gasteiger partial charge in [0.1, 0.15) is 5.75 Å². The van der Waals surface area contributed by atoms with E-state index in [0.717, 1.165) is 5.75 Å². The minimum absolute atomic E-state index is 0.297. The van der Waals surface area contributed by atoms with Crippen molar-refractivity contribution in [2.24, 2.45) is 0 Å². The molecule has 2 aromatic carbocycles. The first kappa shape index (κ1) is 14.1. The monoisotopic (exact) mass is 272 g/mol. The van der Waals surface area contributed by atoms with E-state index < -0.39 is 0 Å². The predicted octanol–water partition coefficient (Wildman–Crippen LogP) is 3.68. The van der Waals surface area contributed by atoms with Crippen LogP contribution in [-0.2, 0) is 0 Å². The second-order valence-electron chi connectivity index (χ2n) is 4.89. The van der Waals surface area contributed by atoms with Crippen LogP contribution in [0.2, 0.25) is 0 Å². The number of aryl methyl sites for hydroxylation is 1. The molecule has 0 amide bonds. The zero-order valence-corrected chi connectivity index (χ0v) is 13.2. The largest absolute Gasteiger partial charge is 0.496 e. The maximum absolute atomic E-state index is 5.50. The number of ether oxygens (including phenoxy) is 1. The quantitative estimate of drug-likeness (QED) is 0.774. The average Bonchev–Trinajstić information content (AvgIpc) is 2.43. The van der Waals surface area contributed by atoms with E-state index in [1.807, 2.05) is 0 Å². The first-order valence-electron chi connectivity index (χ1n) is 6.49. The Balaban J connectivity index is 2.52. The van der Waals surface area contributed by atoms with Crippen LogP contribution in [0.3, 0.4) is 0 Å². The Morgan fingerprint density at radius 1 is 0.947 bits per heavy atom. The number of methoxy groups -OCH3 is 1. The molecule has 2 heteroatoms. The van der Waals surface area contributed by atoms with Crippen LogP contribution in [0.1, 0.15) is 16.7 Å². The zero-order chi connectivity index (χ0) is 14.0. The van der Waals surface area contributed by atoms with E-state index >= 15 is 0 Å². The minimum atomic E-state index is -0.297. The van der Waals surface area contributed by atoms with Crippen molar-refractivity contribution in [2.45, 2.75) is 20.8 Å². The Kier molecular flexibility index (Phi) is 4.27. The smallest absolute Gasteiger partial charge is 0.124 e. The average molecular weight is 272 g/mol. The van der Waals surface area contributed by atoms with Gasteiger partial charge < -0.3 is 4.74 Å². The van der Waals surface area contributed by atoms with Gasteiger partial charge in [0, 0.05) is 0 Å². The predicted molar refractivity (Wildman–Crippen MR) is 85.8 cm³/mol. The fraction of sp³-hybridized carbons (Fsp3) is 0.294. The highest BCUT2D eigenvalue weighted by atomic mass is 31.1. The van der Waals surface area contributed by atoms with E-state index in [0.29, 0.717) is 0 Å². The second kappa shape index (κ2) is 5.75. The van der Waals surface area contributed by atoms with Crippen LogP contribution in [0.15, 0.2) is 36.4 Å². The van der Waals surface area contributed by atoms with Gasteiger partial charge in [-0.1, -0.05) is 30.3 Å². The molecular weight excluding hydrogens is 251 g/mol. The van der Waals surface area contributed by atoms with Gasteiger partial charge in [0.15, 0.2) is 0 Å². The molecule has 0 aliphatic rings. The van der Waals surface area contributed by atoms with E-state index in [-0.39, 0.29) is 7.92 Å². The molecule has 2 aromatic rings. The topological polar surface area (TPSA) is 9.23 Å². The maximum Gasteiger partial charge on any atom is 0.124 e. The molecule has 1 unspecified atom stereocenters. The Labute approximate surface area is 117 Å². The summed E-state index contributed by atoms with van der Waals surface area (Å²) in [7, 11) is 1.45. The summed E-state index contributed by atoms with van der Waals surface area (Å²) in [5.74, 6) is 1.03. The van der Waals surface area contributed by atoms with Crippen molar-refractivity contribution in [3.05, 3.63) is 53.1 Å². The van der Waals surface area contributed by atoms with Crippen molar-refractivity contribution >= 4 is 18.5 Å². The summed E-state index contributed by atoms with van der Waals surface area (Å²) in [6.07, 6.45) is 0. The van der Waals surface area contributed by atoms with Gasteiger partial charge in [-0.15, -0.1) is 0 Å². The van der Waals surface area contributed by atoms with Gasteiger partial charge in [-0.05, 0) is 68.7 Å². The number of rotatable bonds is 3. The molecule has 0 spiro atoms. The molecule has 0 radical (unpaired) electrons. The fourth-order valence-electron chi connectivity index (χ4n) is 2.49. The first-order valence-corrected chi connectivity index (χ1v) is 8.28. The summed E-state index contributed by atoms with van der Waals surface area (Å²) in [5.41, 5.74) is 3.86. The third-order valence-corrected chi connectivity index (χ3v) is 5.97. The number of benzene rings is 2. The van der Waals surface area contributed by atoms with Crippen molar-refractivity contribution < 1.29 is 4.74 Å². The van der Waals surface area contributed by atoms with Crippen LogP contribution in [0, 0.1) is 20.8 Å². The molecule has 0 saturated heterocycles. The Hall–Kier alpha value is -1.33. The summed E-state index contributed by atoms with van der Waals surface area (Å²) in [5, 5.41) is 2.88. The molecule has 0 aliphatic carbocycles. The van der Waals surface area contributed by atoms with E-state index in [9.17, 15) is 0 Å². The van der Waals surface area contributed by atoms with Crippen molar-refractivity contribution in [1.82, 2.24) is 0 Å².